The van der Waals surface area contributed by atoms with Crippen LogP contribution in [0.2, 0.25) is 0 Å². The van der Waals surface area contributed by atoms with Crippen molar-refractivity contribution in [3.8, 4) is 0 Å². The van der Waals surface area contributed by atoms with Gasteiger partial charge in [-0.2, -0.15) is 0 Å². The first-order valence-electron chi connectivity index (χ1n) is 7.71. The van der Waals surface area contributed by atoms with Crippen LogP contribution in [-0.2, 0) is 18.8 Å². The number of tetrazole rings is 1. The lowest BCUT2D eigenvalue weighted by molar-refractivity contribution is 0.540. The van der Waals surface area contributed by atoms with Gasteiger partial charge in [0.15, 0.2) is 11.0 Å². The molecule has 0 aliphatic rings. The molecule has 0 unspecified atom stereocenters. The zero-order valence-electron chi connectivity index (χ0n) is 13.4. The number of aryl methyl sites for hydroxylation is 1. The molecular formula is C15H18N6OS2. The zero-order chi connectivity index (χ0) is 16.9. The van der Waals surface area contributed by atoms with Crippen LogP contribution in [0.3, 0.4) is 0 Å². The summed E-state index contributed by atoms with van der Waals surface area (Å²) in [6.07, 6.45) is 3.82. The van der Waals surface area contributed by atoms with Crippen molar-refractivity contribution in [3.05, 3.63) is 40.3 Å². The molecule has 0 atom stereocenters. The summed E-state index contributed by atoms with van der Waals surface area (Å²) >= 11 is 2.88. The highest BCUT2D eigenvalue weighted by molar-refractivity contribution is 7.98. The molecule has 0 bridgehead atoms. The lowest BCUT2D eigenvalue weighted by Crippen LogP contribution is -2.22. The van der Waals surface area contributed by atoms with Gasteiger partial charge in [-0.1, -0.05) is 31.2 Å². The highest BCUT2D eigenvalue weighted by Gasteiger charge is 2.14. The first-order valence-corrected chi connectivity index (χ1v) is 9.58. The lowest BCUT2D eigenvalue weighted by Gasteiger charge is -2.10. The highest BCUT2D eigenvalue weighted by Crippen LogP contribution is 2.23. The Morgan fingerprint density at radius 1 is 1.46 bits per heavy atom. The molecule has 9 heteroatoms. The van der Waals surface area contributed by atoms with Crippen molar-refractivity contribution in [2.75, 3.05) is 0 Å². The van der Waals surface area contributed by atoms with Gasteiger partial charge in [0.1, 0.15) is 4.70 Å². The first kappa shape index (κ1) is 16.8. The van der Waals surface area contributed by atoms with E-state index in [0.717, 1.165) is 30.7 Å². The van der Waals surface area contributed by atoms with Crippen molar-refractivity contribution in [3.63, 3.8) is 0 Å². The number of thiophene rings is 1. The highest BCUT2D eigenvalue weighted by atomic mass is 32.2. The quantitative estimate of drug-likeness (QED) is 0.348. The number of hydrogen-bond acceptors (Lipinski definition) is 7. The largest absolute Gasteiger partial charge is 0.282 e. The van der Waals surface area contributed by atoms with Gasteiger partial charge in [-0.25, -0.2) is 9.67 Å². The van der Waals surface area contributed by atoms with Gasteiger partial charge < -0.3 is 0 Å². The van der Waals surface area contributed by atoms with Crippen LogP contribution in [0.4, 0.5) is 0 Å². The van der Waals surface area contributed by atoms with E-state index in [1.54, 1.807) is 10.6 Å². The van der Waals surface area contributed by atoms with Crippen LogP contribution in [0.1, 0.15) is 25.6 Å². The van der Waals surface area contributed by atoms with E-state index in [9.17, 15) is 4.79 Å². The molecule has 0 spiro atoms. The summed E-state index contributed by atoms with van der Waals surface area (Å²) in [5.41, 5.74) is 0.710. The molecule has 3 aromatic heterocycles. The normalized spacial score (nSPS) is 11.2. The van der Waals surface area contributed by atoms with Crippen LogP contribution in [0.5, 0.6) is 0 Å². The summed E-state index contributed by atoms with van der Waals surface area (Å²) < 4.78 is 4.14. The summed E-state index contributed by atoms with van der Waals surface area (Å²) in [4.78, 5) is 17.2. The molecule has 7 nitrogen and oxygen atoms in total. The van der Waals surface area contributed by atoms with E-state index in [4.69, 9.17) is 0 Å². The average Bonchev–Trinajstić information content (AvgIpc) is 3.23. The minimum Gasteiger partial charge on any atom is -0.282 e. The number of fused-ring (bicyclic) bond motifs is 1. The van der Waals surface area contributed by atoms with Crippen molar-refractivity contribution < 1.29 is 0 Å². The molecule has 0 saturated carbocycles. The Balaban J connectivity index is 1.87. The Kier molecular flexibility index (Phi) is 5.41. The van der Waals surface area contributed by atoms with Gasteiger partial charge in [0.25, 0.3) is 5.56 Å². The Labute approximate surface area is 147 Å². The first-order chi connectivity index (χ1) is 11.7. The number of thioether (sulfide) groups is 1. The van der Waals surface area contributed by atoms with Crippen LogP contribution < -0.4 is 5.56 Å². The molecule has 3 heterocycles. The summed E-state index contributed by atoms with van der Waals surface area (Å²) in [5.74, 6) is 1.36. The maximum atomic E-state index is 12.6. The molecule has 0 radical (unpaired) electrons. The fraction of sp³-hybridized carbons (Fsp3) is 0.400. The number of aromatic nitrogens is 6. The molecule has 0 aromatic carbocycles. The van der Waals surface area contributed by atoms with Crippen LogP contribution in [0.15, 0.2) is 34.1 Å². The van der Waals surface area contributed by atoms with Gasteiger partial charge in [-0.3, -0.25) is 9.36 Å². The van der Waals surface area contributed by atoms with E-state index in [2.05, 4.69) is 34.0 Å². The van der Waals surface area contributed by atoms with Gasteiger partial charge in [0, 0.05) is 13.1 Å². The zero-order valence-corrected chi connectivity index (χ0v) is 15.0. The SMILES string of the molecule is C=CCn1c(SCc2nnnn2CCCC)nc2ccsc2c1=O. The van der Waals surface area contributed by atoms with Crippen LogP contribution in [0, 0.1) is 0 Å². The third kappa shape index (κ3) is 3.41. The maximum absolute atomic E-state index is 12.6. The average molecular weight is 362 g/mol. The smallest absolute Gasteiger partial charge is 0.272 e. The van der Waals surface area contributed by atoms with Gasteiger partial charge in [0.05, 0.1) is 11.3 Å². The fourth-order valence-electron chi connectivity index (χ4n) is 2.26. The Bertz CT molecular complexity index is 897. The second-order valence-corrected chi connectivity index (χ2v) is 7.05. The number of allylic oxidation sites excluding steroid dienone is 1. The van der Waals surface area contributed by atoms with Gasteiger partial charge in [0.2, 0.25) is 0 Å². The van der Waals surface area contributed by atoms with Gasteiger partial charge in [-0.05, 0) is 28.3 Å². The van der Waals surface area contributed by atoms with Crippen molar-refractivity contribution >= 4 is 33.3 Å². The Morgan fingerprint density at radius 2 is 2.33 bits per heavy atom. The van der Waals surface area contributed by atoms with E-state index in [1.807, 2.05) is 16.1 Å². The standard InChI is InChI=1S/C15H18N6OS2/c1-3-5-8-21-12(17-18-19-21)10-24-15-16-11-6-9-23-13(11)14(22)20(15)7-4-2/h4,6,9H,2-3,5,7-8,10H2,1H3. The van der Waals surface area contributed by atoms with E-state index in [0.29, 0.717) is 22.2 Å². The van der Waals surface area contributed by atoms with Crippen molar-refractivity contribution in [2.24, 2.45) is 0 Å². The third-order valence-corrected chi connectivity index (χ3v) is 5.37. The fourth-order valence-corrected chi connectivity index (χ4v) is 3.98. The summed E-state index contributed by atoms with van der Waals surface area (Å²) in [7, 11) is 0. The van der Waals surface area contributed by atoms with Crippen LogP contribution >= 0.6 is 23.1 Å². The molecule has 0 N–H and O–H groups in total. The predicted molar refractivity (Wildman–Crippen MR) is 96.4 cm³/mol. The minimum absolute atomic E-state index is 0.0250. The van der Waals surface area contributed by atoms with Gasteiger partial charge >= 0.3 is 0 Å². The third-order valence-electron chi connectivity index (χ3n) is 3.50. The predicted octanol–water partition coefficient (Wildman–Crippen LogP) is 2.72. The number of unbranched alkanes of at least 4 members (excludes halogenated alkanes) is 1. The Hall–Kier alpha value is -2.00. The molecule has 0 amide bonds. The summed E-state index contributed by atoms with van der Waals surface area (Å²) in [6.45, 7) is 7.10. The van der Waals surface area contributed by atoms with Gasteiger partial charge in [-0.15, -0.1) is 23.0 Å². The van der Waals surface area contributed by atoms with E-state index < -0.39 is 0 Å². The lowest BCUT2D eigenvalue weighted by atomic mass is 10.3. The van der Waals surface area contributed by atoms with Crippen molar-refractivity contribution in [1.82, 2.24) is 29.8 Å². The number of hydrogen-bond donors (Lipinski definition) is 0. The van der Waals surface area contributed by atoms with Crippen LogP contribution in [-0.4, -0.2) is 29.8 Å². The van der Waals surface area contributed by atoms with Crippen molar-refractivity contribution in [2.45, 2.75) is 43.8 Å². The monoisotopic (exact) mass is 362 g/mol. The summed E-state index contributed by atoms with van der Waals surface area (Å²) in [5, 5.41) is 14.4. The molecular weight excluding hydrogens is 344 g/mol. The molecule has 0 aliphatic heterocycles. The second kappa shape index (κ2) is 7.71. The maximum Gasteiger partial charge on any atom is 0.272 e. The Morgan fingerprint density at radius 3 is 3.12 bits per heavy atom. The summed E-state index contributed by atoms with van der Waals surface area (Å²) in [6, 6.07) is 1.87. The number of nitrogens with zero attached hydrogens (tertiary/aromatic N) is 6. The molecule has 0 aliphatic carbocycles. The molecule has 0 saturated heterocycles. The molecule has 3 aromatic rings. The van der Waals surface area contributed by atoms with Crippen molar-refractivity contribution in [1.29, 1.82) is 0 Å². The molecule has 3 rings (SSSR count). The number of rotatable bonds is 8. The molecule has 126 valence electrons. The molecule has 0 fully saturated rings. The topological polar surface area (TPSA) is 78.5 Å². The second-order valence-electron chi connectivity index (χ2n) is 5.19. The van der Waals surface area contributed by atoms with E-state index in [1.165, 1.54) is 23.1 Å². The minimum atomic E-state index is -0.0250. The molecule has 24 heavy (non-hydrogen) atoms. The van der Waals surface area contributed by atoms with Crippen LogP contribution in [0.25, 0.3) is 10.2 Å². The van der Waals surface area contributed by atoms with E-state index >= 15 is 0 Å². The van der Waals surface area contributed by atoms with E-state index in [-0.39, 0.29) is 5.56 Å².